The average molecular weight is 399 g/mol. The van der Waals surface area contributed by atoms with E-state index >= 15 is 0 Å². The van der Waals surface area contributed by atoms with Crippen molar-refractivity contribution in [2.45, 2.75) is 40.2 Å². The van der Waals surface area contributed by atoms with Crippen LogP contribution >= 0.6 is 11.3 Å². The van der Waals surface area contributed by atoms with Gasteiger partial charge in [0.25, 0.3) is 0 Å². The van der Waals surface area contributed by atoms with E-state index in [9.17, 15) is 0 Å². The van der Waals surface area contributed by atoms with E-state index in [4.69, 9.17) is 9.57 Å². The Hall–Kier alpha value is -2.08. The molecule has 28 heavy (non-hydrogen) atoms. The molecule has 0 amide bonds. The van der Waals surface area contributed by atoms with Crippen LogP contribution in [0, 0.1) is 13.8 Å². The number of thiophene rings is 1. The fraction of sp³-hybridized carbons (Fsp3) is 0.391. The van der Waals surface area contributed by atoms with Crippen molar-refractivity contribution < 1.29 is 9.57 Å². The highest BCUT2D eigenvalue weighted by molar-refractivity contribution is 7.15. The van der Waals surface area contributed by atoms with Gasteiger partial charge >= 0.3 is 0 Å². The topological polar surface area (TPSA) is 35.4 Å². The lowest BCUT2D eigenvalue weighted by molar-refractivity contribution is 0.0505. The van der Waals surface area contributed by atoms with E-state index in [-0.39, 0.29) is 0 Å². The van der Waals surface area contributed by atoms with Crippen LogP contribution in [0.1, 0.15) is 29.5 Å². The molecule has 0 bridgehead atoms. The summed E-state index contributed by atoms with van der Waals surface area (Å²) in [6.07, 6.45) is 2.09. The highest BCUT2D eigenvalue weighted by atomic mass is 32.1. The summed E-state index contributed by atoms with van der Waals surface area (Å²) in [7, 11) is 0. The predicted molar refractivity (Wildman–Crippen MR) is 117 cm³/mol. The van der Waals surface area contributed by atoms with Crippen LogP contribution in [0.4, 0.5) is 0 Å². The normalized spacial score (nSPS) is 11.1. The molecule has 5 heteroatoms. The fourth-order valence-corrected chi connectivity index (χ4v) is 4.10. The summed E-state index contributed by atoms with van der Waals surface area (Å²) in [4.78, 5) is 7.79. The van der Waals surface area contributed by atoms with Gasteiger partial charge in [0.05, 0.1) is 23.7 Å². The second-order valence-corrected chi connectivity index (χ2v) is 8.13. The largest absolute Gasteiger partial charge is 0.492 e. The molecule has 3 rings (SSSR count). The molecule has 1 N–H and O–H groups in total. The minimum atomic E-state index is 0.657. The molecule has 0 aliphatic heterocycles. The highest BCUT2D eigenvalue weighted by Crippen LogP contribution is 2.29. The monoisotopic (exact) mass is 398 g/mol. The van der Waals surface area contributed by atoms with Crippen molar-refractivity contribution in [2.24, 2.45) is 0 Å². The summed E-state index contributed by atoms with van der Waals surface area (Å²) >= 11 is 1.84. The summed E-state index contributed by atoms with van der Waals surface area (Å²) in [5, 5.41) is 0. The van der Waals surface area contributed by atoms with E-state index in [0.29, 0.717) is 13.2 Å². The van der Waals surface area contributed by atoms with Crippen LogP contribution in [-0.2, 0) is 17.8 Å². The number of hydroxylamine groups is 1. The number of aryl methyl sites for hydroxylation is 3. The van der Waals surface area contributed by atoms with Gasteiger partial charge in [-0.15, -0.1) is 11.3 Å². The van der Waals surface area contributed by atoms with Crippen LogP contribution < -0.4 is 10.2 Å². The maximum atomic E-state index is 5.99. The van der Waals surface area contributed by atoms with E-state index in [1.807, 2.05) is 18.3 Å². The zero-order valence-corrected chi connectivity index (χ0v) is 17.8. The van der Waals surface area contributed by atoms with Gasteiger partial charge in [0.1, 0.15) is 12.4 Å². The summed E-state index contributed by atoms with van der Waals surface area (Å²) in [5.41, 5.74) is 6.81. The van der Waals surface area contributed by atoms with Crippen molar-refractivity contribution in [1.82, 2.24) is 10.0 Å². The molecule has 150 valence electrons. The quantitative estimate of drug-likeness (QED) is 0.348. The highest BCUT2D eigenvalue weighted by Gasteiger charge is 2.09. The second kappa shape index (κ2) is 10.5. The average Bonchev–Trinajstić information content (AvgIpc) is 3.28. The standard InChI is InChI=1S/C23H30N2O2S/c1-4-27-24-15-5-6-20-9-11-21(12-10-20)26-17-16-25-18(2)7-13-22(25)23-14-8-19(3)28-23/h7-14,24H,4-6,15-17H2,1-3H3. The van der Waals surface area contributed by atoms with Crippen molar-refractivity contribution >= 4 is 11.3 Å². The van der Waals surface area contributed by atoms with E-state index in [0.717, 1.165) is 31.7 Å². The smallest absolute Gasteiger partial charge is 0.119 e. The Morgan fingerprint density at radius 3 is 2.54 bits per heavy atom. The number of hydrogen-bond donors (Lipinski definition) is 1. The van der Waals surface area contributed by atoms with Crippen LogP contribution in [0.15, 0.2) is 48.5 Å². The van der Waals surface area contributed by atoms with E-state index < -0.39 is 0 Å². The molecule has 2 heterocycles. The zero-order valence-electron chi connectivity index (χ0n) is 17.0. The van der Waals surface area contributed by atoms with Crippen molar-refractivity contribution in [1.29, 1.82) is 0 Å². The summed E-state index contributed by atoms with van der Waals surface area (Å²) < 4.78 is 8.33. The van der Waals surface area contributed by atoms with Gasteiger partial charge in [-0.25, -0.2) is 5.48 Å². The Labute approximate surface area is 172 Å². The first-order chi connectivity index (χ1) is 13.7. The Balaban J connectivity index is 1.48. The SMILES string of the molecule is CCONCCCc1ccc(OCCn2c(C)ccc2-c2ccc(C)s2)cc1. The van der Waals surface area contributed by atoms with Crippen LogP contribution in [0.3, 0.4) is 0 Å². The summed E-state index contributed by atoms with van der Waals surface area (Å²) in [5.74, 6) is 0.925. The number of nitrogens with zero attached hydrogens (tertiary/aromatic N) is 1. The molecule has 3 aromatic rings. The third-order valence-electron chi connectivity index (χ3n) is 4.69. The molecule has 0 radical (unpaired) electrons. The van der Waals surface area contributed by atoms with E-state index in [1.54, 1.807) is 0 Å². The number of aromatic nitrogens is 1. The molecule has 0 fully saturated rings. The molecule has 0 aliphatic carbocycles. The molecular formula is C23H30N2O2S. The first-order valence-electron chi connectivity index (χ1n) is 9.96. The van der Waals surface area contributed by atoms with Crippen molar-refractivity contribution in [3.8, 4) is 16.3 Å². The molecule has 2 aromatic heterocycles. The molecule has 0 aliphatic rings. The number of benzene rings is 1. The van der Waals surface area contributed by atoms with Gasteiger partial charge in [-0.2, -0.15) is 0 Å². The lowest BCUT2D eigenvalue weighted by Gasteiger charge is -2.12. The lowest BCUT2D eigenvalue weighted by atomic mass is 10.1. The first-order valence-corrected chi connectivity index (χ1v) is 10.8. The number of hydrogen-bond acceptors (Lipinski definition) is 4. The number of nitrogens with one attached hydrogen (secondary N) is 1. The Morgan fingerprint density at radius 2 is 1.82 bits per heavy atom. The van der Waals surface area contributed by atoms with Gasteiger partial charge in [0.15, 0.2) is 0 Å². The molecule has 4 nitrogen and oxygen atoms in total. The molecule has 0 atom stereocenters. The molecule has 0 saturated carbocycles. The second-order valence-electron chi connectivity index (χ2n) is 6.85. The van der Waals surface area contributed by atoms with Gasteiger partial charge in [0, 0.05) is 17.1 Å². The van der Waals surface area contributed by atoms with Crippen molar-refractivity contribution in [3.05, 3.63) is 64.7 Å². The number of ether oxygens (including phenoxy) is 1. The maximum absolute atomic E-state index is 5.99. The number of rotatable bonds is 11. The molecular weight excluding hydrogens is 368 g/mol. The van der Waals surface area contributed by atoms with E-state index in [1.165, 1.54) is 26.7 Å². The van der Waals surface area contributed by atoms with Gasteiger partial charge in [-0.1, -0.05) is 12.1 Å². The van der Waals surface area contributed by atoms with Crippen molar-refractivity contribution in [3.63, 3.8) is 0 Å². The predicted octanol–water partition coefficient (Wildman–Crippen LogP) is 5.39. The molecule has 0 saturated heterocycles. The summed E-state index contributed by atoms with van der Waals surface area (Å²) in [6.45, 7) is 9.35. The van der Waals surface area contributed by atoms with Crippen LogP contribution in [-0.4, -0.2) is 24.3 Å². The Bertz CT molecular complexity index is 852. The minimum Gasteiger partial charge on any atom is -0.492 e. The fourth-order valence-electron chi connectivity index (χ4n) is 3.20. The van der Waals surface area contributed by atoms with Crippen molar-refractivity contribution in [2.75, 3.05) is 19.8 Å². The minimum absolute atomic E-state index is 0.657. The summed E-state index contributed by atoms with van der Waals surface area (Å²) in [6, 6.07) is 17.2. The third-order valence-corrected chi connectivity index (χ3v) is 5.71. The Kier molecular flexibility index (Phi) is 7.71. The zero-order chi connectivity index (χ0) is 19.8. The Morgan fingerprint density at radius 1 is 1.00 bits per heavy atom. The maximum Gasteiger partial charge on any atom is 0.119 e. The van der Waals surface area contributed by atoms with E-state index in [2.05, 4.69) is 72.4 Å². The molecule has 1 aromatic carbocycles. The van der Waals surface area contributed by atoms with Gasteiger partial charge in [-0.3, -0.25) is 0 Å². The van der Waals surface area contributed by atoms with Gasteiger partial charge in [0.2, 0.25) is 0 Å². The molecule has 0 spiro atoms. The third kappa shape index (κ3) is 5.71. The molecule has 0 unspecified atom stereocenters. The first kappa shape index (κ1) is 20.6. The van der Waals surface area contributed by atoms with Crippen LogP contribution in [0.25, 0.3) is 10.6 Å². The lowest BCUT2D eigenvalue weighted by Crippen LogP contribution is -2.16. The van der Waals surface area contributed by atoms with Crippen LogP contribution in [0.5, 0.6) is 5.75 Å². The van der Waals surface area contributed by atoms with Crippen LogP contribution in [0.2, 0.25) is 0 Å². The van der Waals surface area contributed by atoms with Gasteiger partial charge in [-0.05, 0) is 75.6 Å². The van der Waals surface area contributed by atoms with Gasteiger partial charge < -0.3 is 14.1 Å².